The molecule has 0 spiro atoms. The molecule has 56 heavy (non-hydrogen) atoms. The van der Waals surface area contributed by atoms with Crippen molar-refractivity contribution in [2.45, 2.75) is 36.4 Å². The standard InChI is InChI=1S/C45H41N3O8/c1-52-32-20-16-30(17-21-32)45(29-10-4-3-5-11-29,31-18-22-33(53-2)23-19-31)55-28-40-39(49)26-42(56-40)48-25-24-41(46-43(48)50)47-44(51)54-27-38-36-14-8-6-12-34(36)35-13-7-9-15-37(35)38/h3-25,38-40,42,49H,26-28H2,1-2H3,(H,46,47,50,51)/t39-,40+,42+/m0/s1. The summed E-state index contributed by atoms with van der Waals surface area (Å²) in [4.78, 5) is 30.3. The first-order valence-electron chi connectivity index (χ1n) is 18.4. The normalized spacial score (nSPS) is 17.5. The van der Waals surface area contributed by atoms with Crippen molar-refractivity contribution >= 4 is 11.9 Å². The van der Waals surface area contributed by atoms with Crippen molar-refractivity contribution < 1.29 is 33.6 Å². The zero-order valence-electron chi connectivity index (χ0n) is 30.9. The van der Waals surface area contributed by atoms with Crippen LogP contribution in [0.25, 0.3) is 11.1 Å². The number of ether oxygens (including phenoxy) is 5. The number of rotatable bonds is 12. The summed E-state index contributed by atoms with van der Waals surface area (Å²) in [6, 6.07) is 42.8. The molecular formula is C45H41N3O8. The van der Waals surface area contributed by atoms with Crippen molar-refractivity contribution in [2.24, 2.45) is 0 Å². The lowest BCUT2D eigenvalue weighted by atomic mass is 9.80. The van der Waals surface area contributed by atoms with Crippen LogP contribution in [0, 0.1) is 0 Å². The lowest BCUT2D eigenvalue weighted by Crippen LogP contribution is -2.38. The van der Waals surface area contributed by atoms with Gasteiger partial charge in [-0.25, -0.2) is 9.59 Å². The first kappa shape index (κ1) is 36.7. The molecule has 1 amide bonds. The second-order valence-electron chi connectivity index (χ2n) is 13.7. The minimum absolute atomic E-state index is 0.0196. The van der Waals surface area contributed by atoms with E-state index in [4.69, 9.17) is 23.7 Å². The number of hydrogen-bond donors (Lipinski definition) is 2. The van der Waals surface area contributed by atoms with Crippen LogP contribution < -0.4 is 20.5 Å². The second kappa shape index (κ2) is 15.8. The summed E-state index contributed by atoms with van der Waals surface area (Å²) in [7, 11) is 3.23. The van der Waals surface area contributed by atoms with Crippen LogP contribution >= 0.6 is 0 Å². The molecule has 284 valence electrons. The van der Waals surface area contributed by atoms with E-state index < -0.39 is 35.8 Å². The fourth-order valence-corrected chi connectivity index (χ4v) is 7.76. The Hall–Kier alpha value is -6.27. The summed E-state index contributed by atoms with van der Waals surface area (Å²) in [5.41, 5.74) is 5.19. The molecule has 11 nitrogen and oxygen atoms in total. The first-order chi connectivity index (χ1) is 27.4. The number of nitrogens with zero attached hydrogens (tertiary/aromatic N) is 2. The second-order valence-corrected chi connectivity index (χ2v) is 13.7. The van der Waals surface area contributed by atoms with Crippen LogP contribution in [0.5, 0.6) is 11.5 Å². The summed E-state index contributed by atoms with van der Waals surface area (Å²) in [6.45, 7) is 0.102. The van der Waals surface area contributed by atoms with Crippen LogP contribution in [-0.4, -0.2) is 60.4 Å². The van der Waals surface area contributed by atoms with Crippen molar-refractivity contribution in [3.8, 4) is 22.6 Å². The largest absolute Gasteiger partial charge is 0.497 e. The molecule has 0 saturated carbocycles. The average molecular weight is 752 g/mol. The Morgan fingerprint density at radius 1 is 0.768 bits per heavy atom. The number of benzene rings is 5. The van der Waals surface area contributed by atoms with Gasteiger partial charge in [0, 0.05) is 18.5 Å². The number of carbonyl (C=O) groups excluding carboxylic acids is 1. The van der Waals surface area contributed by atoms with Crippen LogP contribution in [0.3, 0.4) is 0 Å². The van der Waals surface area contributed by atoms with Crippen molar-refractivity contribution in [3.05, 3.63) is 178 Å². The van der Waals surface area contributed by atoms with Crippen LogP contribution in [-0.2, 0) is 19.8 Å². The molecule has 1 aliphatic carbocycles. The Morgan fingerprint density at radius 2 is 1.32 bits per heavy atom. The summed E-state index contributed by atoms with van der Waals surface area (Å²) in [6.07, 6.45) is -1.68. The lowest BCUT2D eigenvalue weighted by Gasteiger charge is -2.37. The van der Waals surface area contributed by atoms with Gasteiger partial charge in [-0.2, -0.15) is 4.98 Å². The zero-order chi connectivity index (χ0) is 38.6. The van der Waals surface area contributed by atoms with Gasteiger partial charge in [0.15, 0.2) is 0 Å². The van der Waals surface area contributed by atoms with Crippen LogP contribution in [0.1, 0.15) is 46.4 Å². The molecule has 0 bridgehead atoms. The highest BCUT2D eigenvalue weighted by Gasteiger charge is 2.42. The van der Waals surface area contributed by atoms with E-state index in [0.29, 0.717) is 11.5 Å². The molecule has 2 N–H and O–H groups in total. The molecule has 3 atom stereocenters. The highest BCUT2D eigenvalue weighted by atomic mass is 16.6. The van der Waals surface area contributed by atoms with Crippen LogP contribution in [0.4, 0.5) is 10.6 Å². The molecule has 2 heterocycles. The number of anilines is 1. The minimum Gasteiger partial charge on any atom is -0.497 e. The third-order valence-electron chi connectivity index (χ3n) is 10.6. The maximum absolute atomic E-state index is 13.3. The number of aliphatic hydroxyl groups excluding tert-OH is 1. The Kier molecular flexibility index (Phi) is 10.4. The maximum Gasteiger partial charge on any atom is 0.412 e. The highest BCUT2D eigenvalue weighted by molar-refractivity contribution is 5.83. The summed E-state index contributed by atoms with van der Waals surface area (Å²) in [5, 5.41) is 13.8. The van der Waals surface area contributed by atoms with Crippen molar-refractivity contribution in [1.29, 1.82) is 0 Å². The number of methoxy groups -OCH3 is 2. The quantitative estimate of drug-likeness (QED) is 0.124. The highest BCUT2D eigenvalue weighted by Crippen LogP contribution is 2.45. The molecule has 0 radical (unpaired) electrons. The average Bonchev–Trinajstić information content (AvgIpc) is 3.77. The molecule has 1 saturated heterocycles. The Bertz CT molecular complexity index is 2270. The van der Waals surface area contributed by atoms with Gasteiger partial charge in [0.2, 0.25) is 0 Å². The topological polar surface area (TPSA) is 130 Å². The number of nitrogens with one attached hydrogen (secondary N) is 1. The summed E-state index contributed by atoms with van der Waals surface area (Å²) < 4.78 is 31.0. The van der Waals surface area contributed by atoms with Crippen molar-refractivity contribution in [3.63, 3.8) is 0 Å². The van der Waals surface area contributed by atoms with E-state index in [9.17, 15) is 14.7 Å². The van der Waals surface area contributed by atoms with Gasteiger partial charge < -0.3 is 28.8 Å². The molecule has 6 aromatic rings. The molecule has 11 heteroatoms. The molecule has 1 aromatic heterocycles. The number of carbonyl (C=O) groups is 1. The van der Waals surface area contributed by atoms with E-state index in [1.807, 2.05) is 115 Å². The molecule has 2 aliphatic rings. The molecule has 1 aliphatic heterocycles. The number of aliphatic hydroxyl groups is 1. The third kappa shape index (κ3) is 7.03. The third-order valence-corrected chi connectivity index (χ3v) is 10.6. The lowest BCUT2D eigenvalue weighted by molar-refractivity contribution is -0.0944. The number of aromatic nitrogens is 2. The number of fused-ring (bicyclic) bond motifs is 3. The number of hydrogen-bond acceptors (Lipinski definition) is 9. The fourth-order valence-electron chi connectivity index (χ4n) is 7.76. The van der Waals surface area contributed by atoms with Gasteiger partial charge in [-0.15, -0.1) is 0 Å². The predicted molar refractivity (Wildman–Crippen MR) is 210 cm³/mol. The summed E-state index contributed by atoms with van der Waals surface area (Å²) in [5.74, 6) is 1.32. The SMILES string of the molecule is COc1ccc(C(OC[C@H]2O[C@@H](n3ccc(NC(=O)OCC4c5ccccc5-c5ccccc54)nc3=O)C[C@@H]2O)(c2ccccc2)c2ccc(OC)cc2)cc1. The van der Waals surface area contributed by atoms with E-state index in [0.717, 1.165) is 38.9 Å². The van der Waals surface area contributed by atoms with Gasteiger partial charge in [-0.05, 0) is 69.3 Å². The van der Waals surface area contributed by atoms with E-state index >= 15 is 0 Å². The predicted octanol–water partition coefficient (Wildman–Crippen LogP) is 7.28. The molecule has 1 fully saturated rings. The van der Waals surface area contributed by atoms with E-state index in [-0.39, 0.29) is 31.4 Å². The van der Waals surface area contributed by atoms with Crippen molar-refractivity contribution in [1.82, 2.24) is 9.55 Å². The number of amides is 1. The van der Waals surface area contributed by atoms with Gasteiger partial charge in [-0.3, -0.25) is 9.88 Å². The van der Waals surface area contributed by atoms with E-state index in [1.165, 1.54) is 16.8 Å². The van der Waals surface area contributed by atoms with E-state index in [2.05, 4.69) is 22.4 Å². The Balaban J connectivity index is 0.969. The monoisotopic (exact) mass is 751 g/mol. The molecule has 0 unspecified atom stereocenters. The van der Waals surface area contributed by atoms with Crippen LogP contribution in [0.15, 0.2) is 144 Å². The summed E-state index contributed by atoms with van der Waals surface area (Å²) >= 11 is 0. The molecule has 8 rings (SSSR count). The van der Waals surface area contributed by atoms with Gasteiger partial charge in [-0.1, -0.05) is 103 Å². The maximum atomic E-state index is 13.3. The smallest absolute Gasteiger partial charge is 0.412 e. The molecular weight excluding hydrogens is 711 g/mol. The fraction of sp³-hybridized carbons (Fsp3) is 0.222. The van der Waals surface area contributed by atoms with Crippen molar-refractivity contribution in [2.75, 3.05) is 32.8 Å². The van der Waals surface area contributed by atoms with Gasteiger partial charge in [0.05, 0.1) is 26.9 Å². The minimum atomic E-state index is -1.12. The zero-order valence-corrected chi connectivity index (χ0v) is 30.9. The molecule has 5 aromatic carbocycles. The van der Waals surface area contributed by atoms with Gasteiger partial charge >= 0.3 is 11.8 Å². The van der Waals surface area contributed by atoms with E-state index in [1.54, 1.807) is 14.2 Å². The Morgan fingerprint density at radius 3 is 1.89 bits per heavy atom. The first-order valence-corrected chi connectivity index (χ1v) is 18.4. The van der Waals surface area contributed by atoms with Gasteiger partial charge in [0.1, 0.15) is 41.9 Å². The van der Waals surface area contributed by atoms with Gasteiger partial charge in [0.25, 0.3) is 0 Å². The Labute approximate surface area is 324 Å². The van der Waals surface area contributed by atoms with Crippen LogP contribution in [0.2, 0.25) is 0 Å².